The highest BCUT2D eigenvalue weighted by Gasteiger charge is 2.33. The third-order valence-electron chi connectivity index (χ3n) is 3.74. The van der Waals surface area contributed by atoms with Crippen molar-refractivity contribution in [2.24, 2.45) is 5.92 Å². The fourth-order valence-corrected chi connectivity index (χ4v) is 2.51. The van der Waals surface area contributed by atoms with Gasteiger partial charge in [-0.15, -0.1) is 0 Å². The number of amides is 1. The van der Waals surface area contributed by atoms with Crippen LogP contribution < -0.4 is 0 Å². The lowest BCUT2D eigenvalue weighted by Crippen LogP contribution is -2.49. The molecule has 0 aromatic heterocycles. The molecule has 1 aliphatic heterocycles. The molecule has 1 saturated heterocycles. The van der Waals surface area contributed by atoms with Crippen molar-refractivity contribution in [3.63, 3.8) is 0 Å². The van der Waals surface area contributed by atoms with Crippen LogP contribution in [0.4, 0.5) is 4.39 Å². The molecule has 5 heteroatoms. The molecule has 21 heavy (non-hydrogen) atoms. The molecule has 112 valence electrons. The molecule has 1 amide bonds. The number of aliphatic carboxylic acids is 1. The maximum Gasteiger partial charge on any atom is 0.326 e. The normalized spacial score (nSPS) is 22.5. The van der Waals surface area contributed by atoms with Gasteiger partial charge in [-0.3, -0.25) is 4.79 Å². The topological polar surface area (TPSA) is 57.6 Å². The third kappa shape index (κ3) is 3.68. The van der Waals surface area contributed by atoms with E-state index in [1.54, 1.807) is 18.2 Å². The largest absolute Gasteiger partial charge is 0.480 e. The first kappa shape index (κ1) is 15.2. The zero-order valence-electron chi connectivity index (χ0n) is 11.8. The summed E-state index contributed by atoms with van der Waals surface area (Å²) in [6.07, 6.45) is 3.86. The molecule has 0 bridgehead atoms. The average Bonchev–Trinajstić information content (AvgIpc) is 2.46. The molecular formula is C16H18FNO3. The van der Waals surface area contributed by atoms with Gasteiger partial charge in [0.2, 0.25) is 5.91 Å². The van der Waals surface area contributed by atoms with Gasteiger partial charge < -0.3 is 10.0 Å². The minimum atomic E-state index is -0.991. The molecule has 1 aliphatic rings. The van der Waals surface area contributed by atoms with Crippen molar-refractivity contribution < 1.29 is 19.1 Å². The fourth-order valence-electron chi connectivity index (χ4n) is 2.51. The van der Waals surface area contributed by atoms with Crippen LogP contribution in [0.1, 0.15) is 25.3 Å². The van der Waals surface area contributed by atoms with Crippen molar-refractivity contribution in [1.29, 1.82) is 0 Å². The quantitative estimate of drug-likeness (QED) is 0.871. The standard InChI is InChI=1S/C16H18FNO3/c1-11-8-9-18(14(10-11)16(20)21)15(19)7-6-12-4-2-3-5-13(12)17/h2-7,11,14H,8-10H2,1H3,(H,20,21)/b7-6+. The van der Waals surface area contributed by atoms with Crippen molar-refractivity contribution in [2.45, 2.75) is 25.8 Å². The van der Waals surface area contributed by atoms with Crippen LogP contribution in [0.3, 0.4) is 0 Å². The molecule has 0 spiro atoms. The predicted octanol–water partition coefficient (Wildman–Crippen LogP) is 2.55. The maximum absolute atomic E-state index is 13.5. The van der Waals surface area contributed by atoms with Crippen LogP contribution in [0.15, 0.2) is 30.3 Å². The summed E-state index contributed by atoms with van der Waals surface area (Å²) < 4.78 is 13.5. The number of carboxylic acids is 1. The molecule has 4 nitrogen and oxygen atoms in total. The van der Waals surface area contributed by atoms with E-state index < -0.39 is 23.7 Å². The minimum absolute atomic E-state index is 0.283. The average molecular weight is 291 g/mol. The monoisotopic (exact) mass is 291 g/mol. The van der Waals surface area contributed by atoms with Crippen molar-refractivity contribution in [1.82, 2.24) is 4.90 Å². The van der Waals surface area contributed by atoms with Gasteiger partial charge in [0.05, 0.1) is 0 Å². The maximum atomic E-state index is 13.5. The predicted molar refractivity (Wildman–Crippen MR) is 77.0 cm³/mol. The highest BCUT2D eigenvalue weighted by atomic mass is 19.1. The molecular weight excluding hydrogens is 273 g/mol. The number of rotatable bonds is 3. The van der Waals surface area contributed by atoms with Gasteiger partial charge in [-0.05, 0) is 30.9 Å². The van der Waals surface area contributed by atoms with Crippen molar-refractivity contribution in [2.75, 3.05) is 6.54 Å². The number of nitrogens with zero attached hydrogens (tertiary/aromatic N) is 1. The summed E-state index contributed by atoms with van der Waals surface area (Å²) >= 11 is 0. The van der Waals surface area contributed by atoms with E-state index in [4.69, 9.17) is 0 Å². The first-order valence-corrected chi connectivity index (χ1v) is 6.95. The Morgan fingerprint density at radius 1 is 1.38 bits per heavy atom. The van der Waals surface area contributed by atoms with Gasteiger partial charge in [0, 0.05) is 18.2 Å². The third-order valence-corrected chi connectivity index (χ3v) is 3.74. The highest BCUT2D eigenvalue weighted by Crippen LogP contribution is 2.23. The van der Waals surface area contributed by atoms with E-state index in [1.165, 1.54) is 23.1 Å². The molecule has 0 radical (unpaired) electrons. The van der Waals surface area contributed by atoms with Crippen molar-refractivity contribution >= 4 is 18.0 Å². The summed E-state index contributed by atoms with van der Waals surface area (Å²) in [6.45, 7) is 2.39. The SMILES string of the molecule is CC1CCN(C(=O)/C=C/c2ccccc2F)C(C(=O)O)C1. The minimum Gasteiger partial charge on any atom is -0.480 e. The Bertz CT molecular complexity index is 570. The second-order valence-corrected chi connectivity index (χ2v) is 5.37. The fraction of sp³-hybridized carbons (Fsp3) is 0.375. The van der Waals surface area contributed by atoms with Gasteiger partial charge in [0.15, 0.2) is 0 Å². The molecule has 1 N–H and O–H groups in total. The van der Waals surface area contributed by atoms with E-state index in [2.05, 4.69) is 0 Å². The lowest BCUT2D eigenvalue weighted by molar-refractivity contribution is -0.151. The van der Waals surface area contributed by atoms with Crippen LogP contribution in [0.25, 0.3) is 6.08 Å². The first-order chi connectivity index (χ1) is 9.99. The van der Waals surface area contributed by atoms with E-state index in [0.717, 1.165) is 6.42 Å². The van der Waals surface area contributed by atoms with Crippen LogP contribution >= 0.6 is 0 Å². The molecule has 1 aromatic rings. The van der Waals surface area contributed by atoms with Gasteiger partial charge in [-0.1, -0.05) is 25.1 Å². The van der Waals surface area contributed by atoms with Crippen LogP contribution in [-0.4, -0.2) is 34.5 Å². The lowest BCUT2D eigenvalue weighted by atomic mass is 9.92. The Balaban J connectivity index is 2.12. The number of piperidine rings is 1. The number of halogens is 1. The molecule has 0 aliphatic carbocycles. The number of hydrogen-bond donors (Lipinski definition) is 1. The van der Waals surface area contributed by atoms with Crippen LogP contribution in [-0.2, 0) is 9.59 Å². The summed E-state index contributed by atoms with van der Waals surface area (Å²) in [7, 11) is 0. The Labute approximate surface area is 122 Å². The number of benzene rings is 1. The van der Waals surface area contributed by atoms with E-state index in [1.807, 2.05) is 6.92 Å². The molecule has 2 atom stereocenters. The Morgan fingerprint density at radius 2 is 2.10 bits per heavy atom. The second-order valence-electron chi connectivity index (χ2n) is 5.37. The Hall–Kier alpha value is -2.17. The van der Waals surface area contributed by atoms with E-state index in [0.29, 0.717) is 18.5 Å². The second kappa shape index (κ2) is 6.52. The first-order valence-electron chi connectivity index (χ1n) is 6.95. The van der Waals surface area contributed by atoms with Gasteiger partial charge in [0.1, 0.15) is 11.9 Å². The molecule has 1 heterocycles. The number of carbonyl (C=O) groups excluding carboxylic acids is 1. The van der Waals surface area contributed by atoms with Crippen molar-refractivity contribution in [3.05, 3.63) is 41.7 Å². The number of carboxylic acid groups (broad SMARTS) is 1. The van der Waals surface area contributed by atoms with E-state index in [-0.39, 0.29) is 5.92 Å². The summed E-state index contributed by atoms with van der Waals surface area (Å²) in [4.78, 5) is 24.8. The van der Waals surface area contributed by atoms with Crippen LogP contribution in [0.5, 0.6) is 0 Å². The molecule has 1 fully saturated rings. The van der Waals surface area contributed by atoms with Gasteiger partial charge in [0.25, 0.3) is 0 Å². The summed E-state index contributed by atoms with van der Waals surface area (Å²) in [5.41, 5.74) is 0.308. The number of carbonyl (C=O) groups is 2. The van der Waals surface area contributed by atoms with E-state index >= 15 is 0 Å². The molecule has 1 aromatic carbocycles. The zero-order chi connectivity index (χ0) is 15.4. The number of likely N-dealkylation sites (tertiary alicyclic amines) is 1. The van der Waals surface area contributed by atoms with Gasteiger partial charge >= 0.3 is 5.97 Å². The summed E-state index contributed by atoms with van der Waals surface area (Å²) in [5.74, 6) is -1.51. The molecule has 0 saturated carbocycles. The van der Waals surface area contributed by atoms with Crippen LogP contribution in [0.2, 0.25) is 0 Å². The van der Waals surface area contributed by atoms with Gasteiger partial charge in [-0.2, -0.15) is 0 Å². The summed E-state index contributed by atoms with van der Waals surface area (Å²) in [5, 5.41) is 9.23. The van der Waals surface area contributed by atoms with Crippen LogP contribution in [0, 0.1) is 11.7 Å². The van der Waals surface area contributed by atoms with E-state index in [9.17, 15) is 19.1 Å². The van der Waals surface area contributed by atoms with Gasteiger partial charge in [-0.25, -0.2) is 9.18 Å². The zero-order valence-corrected chi connectivity index (χ0v) is 11.8. The smallest absolute Gasteiger partial charge is 0.326 e. The molecule has 2 rings (SSSR count). The lowest BCUT2D eigenvalue weighted by Gasteiger charge is -2.35. The Kier molecular flexibility index (Phi) is 4.73. The summed E-state index contributed by atoms with van der Waals surface area (Å²) in [6, 6.07) is 5.32. The molecule has 2 unspecified atom stereocenters. The Morgan fingerprint density at radius 3 is 2.76 bits per heavy atom. The highest BCUT2D eigenvalue weighted by molar-refractivity contribution is 5.94. The van der Waals surface area contributed by atoms with Crippen molar-refractivity contribution in [3.8, 4) is 0 Å². The number of hydrogen-bond acceptors (Lipinski definition) is 2.